The summed E-state index contributed by atoms with van der Waals surface area (Å²) in [6.45, 7) is 1.63. The molecule has 0 fully saturated rings. The molecule has 0 spiro atoms. The Morgan fingerprint density at radius 3 is 2.80 bits per heavy atom. The Balaban J connectivity index is 3.23. The van der Waals surface area contributed by atoms with Crippen LogP contribution in [0.4, 0.5) is 10.1 Å². The van der Waals surface area contributed by atoms with Crippen LogP contribution in [0.3, 0.4) is 0 Å². The number of carbonyl (C=O) groups is 1. The molecule has 0 aliphatic rings. The van der Waals surface area contributed by atoms with Crippen LogP contribution >= 0.6 is 0 Å². The van der Waals surface area contributed by atoms with Crippen LogP contribution in [0.25, 0.3) is 0 Å². The number of nitrogens with zero attached hydrogens (tertiary/aromatic N) is 1. The fraction of sp³-hybridized carbons (Fsp3) is 0.222. The third-order valence-electron chi connectivity index (χ3n) is 1.66. The van der Waals surface area contributed by atoms with E-state index >= 15 is 0 Å². The molecule has 0 heterocycles. The van der Waals surface area contributed by atoms with Crippen LogP contribution in [0, 0.1) is 15.9 Å². The summed E-state index contributed by atoms with van der Waals surface area (Å²) in [6, 6.07) is 3.29. The summed E-state index contributed by atoms with van der Waals surface area (Å²) < 4.78 is 17.6. The summed E-state index contributed by atoms with van der Waals surface area (Å²) in [5, 5.41) is 10.5. The number of nitro groups is 1. The van der Waals surface area contributed by atoms with E-state index in [0.717, 1.165) is 12.1 Å². The number of halogens is 1. The number of hydrogen-bond acceptors (Lipinski definition) is 4. The molecular weight excluding hydrogens is 205 g/mol. The van der Waals surface area contributed by atoms with E-state index in [9.17, 15) is 19.3 Å². The molecule has 0 saturated heterocycles. The van der Waals surface area contributed by atoms with Crippen LogP contribution in [0.1, 0.15) is 17.3 Å². The molecule has 15 heavy (non-hydrogen) atoms. The molecule has 1 aromatic carbocycles. The normalized spacial score (nSPS) is 9.73. The van der Waals surface area contributed by atoms with Gasteiger partial charge in [0.2, 0.25) is 5.82 Å². The van der Waals surface area contributed by atoms with Crippen molar-refractivity contribution in [2.24, 2.45) is 0 Å². The van der Waals surface area contributed by atoms with Gasteiger partial charge in [0.05, 0.1) is 11.5 Å². The van der Waals surface area contributed by atoms with E-state index in [4.69, 9.17) is 0 Å². The van der Waals surface area contributed by atoms with Crippen LogP contribution < -0.4 is 0 Å². The van der Waals surface area contributed by atoms with Gasteiger partial charge in [-0.15, -0.1) is 0 Å². The molecule has 80 valence electrons. The second kappa shape index (κ2) is 4.50. The van der Waals surface area contributed by atoms with E-state index in [1.807, 2.05) is 0 Å². The molecule has 0 bridgehead atoms. The Kier molecular flexibility index (Phi) is 3.33. The van der Waals surface area contributed by atoms with Crippen molar-refractivity contribution in [2.75, 3.05) is 6.61 Å². The highest BCUT2D eigenvalue weighted by atomic mass is 19.1. The van der Waals surface area contributed by atoms with Crippen molar-refractivity contribution in [2.45, 2.75) is 6.92 Å². The Morgan fingerprint density at radius 1 is 1.60 bits per heavy atom. The van der Waals surface area contributed by atoms with Gasteiger partial charge in [-0.3, -0.25) is 10.1 Å². The average Bonchev–Trinajstić information content (AvgIpc) is 2.17. The van der Waals surface area contributed by atoms with Crippen molar-refractivity contribution in [3.63, 3.8) is 0 Å². The van der Waals surface area contributed by atoms with Crippen LogP contribution in [-0.4, -0.2) is 17.5 Å². The summed E-state index contributed by atoms with van der Waals surface area (Å²) in [4.78, 5) is 20.8. The van der Waals surface area contributed by atoms with E-state index < -0.39 is 22.4 Å². The highest BCUT2D eigenvalue weighted by molar-refractivity contribution is 5.93. The maximum absolute atomic E-state index is 13.1. The Morgan fingerprint density at radius 2 is 2.27 bits per heavy atom. The lowest BCUT2D eigenvalue weighted by atomic mass is 10.2. The Labute approximate surface area is 84.6 Å². The Bertz CT molecular complexity index is 405. The third kappa shape index (κ3) is 2.28. The van der Waals surface area contributed by atoms with Crippen LogP contribution in [0.2, 0.25) is 0 Å². The van der Waals surface area contributed by atoms with Gasteiger partial charge in [0, 0.05) is 0 Å². The van der Waals surface area contributed by atoms with Gasteiger partial charge in [-0.25, -0.2) is 4.79 Å². The molecule has 0 amide bonds. The maximum Gasteiger partial charge on any atom is 0.345 e. The fourth-order valence-corrected chi connectivity index (χ4v) is 1.07. The van der Waals surface area contributed by atoms with Gasteiger partial charge in [-0.2, -0.15) is 4.39 Å². The predicted molar refractivity (Wildman–Crippen MR) is 49.0 cm³/mol. The van der Waals surface area contributed by atoms with Gasteiger partial charge in [0.25, 0.3) is 0 Å². The van der Waals surface area contributed by atoms with Crippen molar-refractivity contribution < 1.29 is 18.8 Å². The average molecular weight is 213 g/mol. The highest BCUT2D eigenvalue weighted by Crippen LogP contribution is 2.22. The minimum atomic E-state index is -1.05. The molecule has 0 aliphatic heterocycles. The Hall–Kier alpha value is -1.98. The van der Waals surface area contributed by atoms with Crippen LogP contribution in [0.5, 0.6) is 0 Å². The van der Waals surface area contributed by atoms with Crippen LogP contribution in [-0.2, 0) is 4.74 Å². The van der Waals surface area contributed by atoms with Gasteiger partial charge in [0.15, 0.2) is 0 Å². The first-order chi connectivity index (χ1) is 7.07. The molecule has 0 aliphatic carbocycles. The summed E-state index contributed by atoms with van der Waals surface area (Å²) in [6.07, 6.45) is 0. The summed E-state index contributed by atoms with van der Waals surface area (Å²) in [5.41, 5.74) is -1.22. The van der Waals surface area contributed by atoms with E-state index in [1.165, 1.54) is 6.07 Å². The number of hydrogen-bond donors (Lipinski definition) is 0. The SMILES string of the molecule is CCOC(=O)c1cccc(F)c1[N+](=O)[O-]. The summed E-state index contributed by atoms with van der Waals surface area (Å²) in [5.74, 6) is -1.95. The fourth-order valence-electron chi connectivity index (χ4n) is 1.07. The van der Waals surface area contributed by atoms with Crippen LogP contribution in [0.15, 0.2) is 18.2 Å². The first-order valence-corrected chi connectivity index (χ1v) is 4.18. The maximum atomic E-state index is 13.1. The smallest absolute Gasteiger partial charge is 0.345 e. The molecule has 1 aromatic rings. The molecule has 5 nitrogen and oxygen atoms in total. The predicted octanol–water partition coefficient (Wildman–Crippen LogP) is 1.91. The molecule has 0 aromatic heterocycles. The second-order valence-electron chi connectivity index (χ2n) is 2.61. The molecule has 0 N–H and O–H groups in total. The zero-order valence-corrected chi connectivity index (χ0v) is 7.90. The first kappa shape index (κ1) is 11.1. The quantitative estimate of drug-likeness (QED) is 0.437. The van der Waals surface area contributed by atoms with Crippen molar-refractivity contribution in [1.29, 1.82) is 0 Å². The van der Waals surface area contributed by atoms with E-state index in [-0.39, 0.29) is 12.2 Å². The van der Waals surface area contributed by atoms with Crippen molar-refractivity contribution >= 4 is 11.7 Å². The molecule has 6 heteroatoms. The molecular formula is C9H8FNO4. The second-order valence-corrected chi connectivity index (χ2v) is 2.61. The summed E-state index contributed by atoms with van der Waals surface area (Å²) in [7, 11) is 0. The molecule has 0 radical (unpaired) electrons. The molecule has 0 unspecified atom stereocenters. The zero-order valence-electron chi connectivity index (χ0n) is 7.90. The van der Waals surface area contributed by atoms with Gasteiger partial charge in [0.1, 0.15) is 5.56 Å². The number of carbonyl (C=O) groups excluding carboxylic acids is 1. The largest absolute Gasteiger partial charge is 0.462 e. The molecule has 1 rings (SSSR count). The summed E-state index contributed by atoms with van der Waals surface area (Å²) >= 11 is 0. The number of benzene rings is 1. The van der Waals surface area contributed by atoms with Gasteiger partial charge in [-0.05, 0) is 19.1 Å². The van der Waals surface area contributed by atoms with Crippen molar-refractivity contribution in [1.82, 2.24) is 0 Å². The van der Waals surface area contributed by atoms with Gasteiger partial charge >= 0.3 is 11.7 Å². The first-order valence-electron chi connectivity index (χ1n) is 4.18. The number of nitro benzene ring substituents is 1. The third-order valence-corrected chi connectivity index (χ3v) is 1.66. The van der Waals surface area contributed by atoms with Crippen molar-refractivity contribution in [3.8, 4) is 0 Å². The lowest BCUT2D eigenvalue weighted by Gasteiger charge is -2.02. The van der Waals surface area contributed by atoms with Crippen molar-refractivity contribution in [3.05, 3.63) is 39.7 Å². The van der Waals surface area contributed by atoms with E-state index in [0.29, 0.717) is 0 Å². The number of esters is 1. The molecule has 0 saturated carbocycles. The van der Waals surface area contributed by atoms with Gasteiger partial charge in [-0.1, -0.05) is 6.07 Å². The lowest BCUT2D eigenvalue weighted by molar-refractivity contribution is -0.387. The molecule has 0 atom stereocenters. The van der Waals surface area contributed by atoms with E-state index in [2.05, 4.69) is 4.74 Å². The zero-order chi connectivity index (χ0) is 11.4. The number of rotatable bonds is 3. The van der Waals surface area contributed by atoms with E-state index in [1.54, 1.807) is 6.92 Å². The minimum Gasteiger partial charge on any atom is -0.462 e. The minimum absolute atomic E-state index is 0.0759. The number of para-hydroxylation sites is 1. The highest BCUT2D eigenvalue weighted by Gasteiger charge is 2.25. The topological polar surface area (TPSA) is 69.4 Å². The number of ether oxygens (including phenoxy) is 1. The monoisotopic (exact) mass is 213 g/mol. The lowest BCUT2D eigenvalue weighted by Crippen LogP contribution is -2.09. The standard InChI is InChI=1S/C9H8FNO4/c1-2-15-9(12)6-4-3-5-7(10)8(6)11(13)14/h3-5H,2H2,1H3. The van der Waals surface area contributed by atoms with Gasteiger partial charge < -0.3 is 4.74 Å².